The number of piperazine rings is 1. The molecule has 24 heavy (non-hydrogen) atoms. The zero-order valence-electron chi connectivity index (χ0n) is 13.9. The van der Waals surface area contributed by atoms with Crippen molar-refractivity contribution in [2.45, 2.75) is 31.3 Å². The van der Waals surface area contributed by atoms with Crippen LogP contribution in [0.25, 0.3) is 0 Å². The number of methoxy groups -OCH3 is 1. The molecule has 3 aliphatic heterocycles. The first kappa shape index (κ1) is 15.4. The van der Waals surface area contributed by atoms with Gasteiger partial charge in [-0.2, -0.15) is 0 Å². The van der Waals surface area contributed by atoms with Gasteiger partial charge >= 0.3 is 6.09 Å². The van der Waals surface area contributed by atoms with Gasteiger partial charge in [0.2, 0.25) is 0 Å². The van der Waals surface area contributed by atoms with Gasteiger partial charge in [-0.3, -0.25) is 4.90 Å². The van der Waals surface area contributed by atoms with Crippen LogP contribution in [0.2, 0.25) is 0 Å². The SMILES string of the molecule is COCCOC(=O)N1[C@@H]2CC[C@H]1CN(c1ncnc3c1CCN3)C2. The fourth-order valence-corrected chi connectivity index (χ4v) is 4.02. The predicted octanol–water partition coefficient (Wildman–Crippen LogP) is 0.881. The molecule has 1 aromatic rings. The molecular weight excluding hydrogens is 310 g/mol. The number of aromatic nitrogens is 2. The summed E-state index contributed by atoms with van der Waals surface area (Å²) in [6.07, 6.45) is 4.41. The smallest absolute Gasteiger partial charge is 0.410 e. The molecule has 2 bridgehead atoms. The minimum absolute atomic E-state index is 0.193. The monoisotopic (exact) mass is 333 g/mol. The number of hydrogen-bond donors (Lipinski definition) is 1. The van der Waals surface area contributed by atoms with Crippen LogP contribution in [0.15, 0.2) is 6.33 Å². The minimum Gasteiger partial charge on any atom is -0.447 e. The largest absolute Gasteiger partial charge is 0.447 e. The molecule has 0 aromatic carbocycles. The summed E-state index contributed by atoms with van der Waals surface area (Å²) in [5.74, 6) is 1.98. The highest BCUT2D eigenvalue weighted by Crippen LogP contribution is 2.35. The van der Waals surface area contributed by atoms with E-state index in [1.807, 2.05) is 4.90 Å². The molecule has 0 spiro atoms. The van der Waals surface area contributed by atoms with Crippen LogP contribution in [0.4, 0.5) is 16.4 Å². The molecule has 0 radical (unpaired) electrons. The number of fused-ring (bicyclic) bond motifs is 3. The number of carbonyl (C=O) groups is 1. The second-order valence-electron chi connectivity index (χ2n) is 6.51. The Bertz CT molecular complexity index is 612. The standard InChI is InChI=1S/C16H23N5O3/c1-23-6-7-24-16(22)21-11-2-3-12(21)9-20(8-11)15-13-4-5-17-14(13)18-10-19-15/h10-12H,2-9H2,1H3,(H,17,18,19)/t11-,12+. The maximum Gasteiger partial charge on any atom is 0.410 e. The van der Waals surface area contributed by atoms with Crippen LogP contribution < -0.4 is 10.2 Å². The molecule has 2 fully saturated rings. The van der Waals surface area contributed by atoms with Crippen LogP contribution in [-0.4, -0.2) is 73.0 Å². The van der Waals surface area contributed by atoms with Gasteiger partial charge in [-0.25, -0.2) is 14.8 Å². The van der Waals surface area contributed by atoms with Crippen molar-refractivity contribution < 1.29 is 14.3 Å². The van der Waals surface area contributed by atoms with Crippen LogP contribution >= 0.6 is 0 Å². The lowest BCUT2D eigenvalue weighted by atomic mass is 10.1. The topological polar surface area (TPSA) is 79.8 Å². The van der Waals surface area contributed by atoms with Gasteiger partial charge in [-0.05, 0) is 19.3 Å². The first-order chi connectivity index (χ1) is 11.8. The Morgan fingerprint density at radius 1 is 1.29 bits per heavy atom. The fourth-order valence-electron chi connectivity index (χ4n) is 4.02. The van der Waals surface area contributed by atoms with Gasteiger partial charge in [-0.1, -0.05) is 0 Å². The van der Waals surface area contributed by atoms with Gasteiger partial charge in [0.25, 0.3) is 0 Å². The fraction of sp³-hybridized carbons (Fsp3) is 0.688. The molecule has 4 rings (SSSR count). The molecule has 1 aromatic heterocycles. The Kier molecular flexibility index (Phi) is 4.13. The van der Waals surface area contributed by atoms with E-state index < -0.39 is 0 Å². The third-order valence-electron chi connectivity index (χ3n) is 5.10. The second kappa shape index (κ2) is 6.43. The molecule has 130 valence electrons. The lowest BCUT2D eigenvalue weighted by molar-refractivity contribution is 0.0560. The van der Waals surface area contributed by atoms with Crippen molar-refractivity contribution in [3.05, 3.63) is 11.9 Å². The van der Waals surface area contributed by atoms with E-state index >= 15 is 0 Å². The van der Waals surface area contributed by atoms with Crippen molar-refractivity contribution in [2.75, 3.05) is 50.2 Å². The van der Waals surface area contributed by atoms with Crippen LogP contribution in [0.1, 0.15) is 18.4 Å². The van der Waals surface area contributed by atoms with Crippen molar-refractivity contribution in [1.29, 1.82) is 0 Å². The summed E-state index contributed by atoms with van der Waals surface area (Å²) in [4.78, 5) is 25.4. The van der Waals surface area contributed by atoms with E-state index in [0.29, 0.717) is 13.2 Å². The van der Waals surface area contributed by atoms with Crippen LogP contribution in [0, 0.1) is 0 Å². The summed E-state index contributed by atoms with van der Waals surface area (Å²) in [5, 5.41) is 3.30. The highest BCUT2D eigenvalue weighted by atomic mass is 16.6. The van der Waals surface area contributed by atoms with E-state index in [4.69, 9.17) is 9.47 Å². The van der Waals surface area contributed by atoms with Gasteiger partial charge in [0, 0.05) is 32.3 Å². The normalized spacial score (nSPS) is 24.7. The number of nitrogens with one attached hydrogen (secondary N) is 1. The van der Waals surface area contributed by atoms with Crippen LogP contribution in [0.3, 0.4) is 0 Å². The lowest BCUT2D eigenvalue weighted by Crippen LogP contribution is -2.56. The van der Waals surface area contributed by atoms with Crippen molar-refractivity contribution in [1.82, 2.24) is 14.9 Å². The molecule has 2 saturated heterocycles. The Morgan fingerprint density at radius 3 is 2.83 bits per heavy atom. The van der Waals surface area contributed by atoms with Crippen molar-refractivity contribution in [2.24, 2.45) is 0 Å². The highest BCUT2D eigenvalue weighted by Gasteiger charge is 2.44. The Labute approximate surface area is 141 Å². The summed E-state index contributed by atoms with van der Waals surface area (Å²) < 4.78 is 10.3. The van der Waals surface area contributed by atoms with Gasteiger partial charge in [0.15, 0.2) is 0 Å². The molecule has 3 aliphatic rings. The Morgan fingerprint density at radius 2 is 2.08 bits per heavy atom. The molecule has 8 nitrogen and oxygen atoms in total. The van der Waals surface area contributed by atoms with Crippen molar-refractivity contribution in [3.8, 4) is 0 Å². The summed E-state index contributed by atoms with van der Waals surface area (Å²) in [6.45, 7) is 3.26. The first-order valence-corrected chi connectivity index (χ1v) is 8.54. The van der Waals surface area contributed by atoms with E-state index in [9.17, 15) is 4.79 Å². The Balaban J connectivity index is 1.47. The zero-order valence-corrected chi connectivity index (χ0v) is 13.9. The number of amides is 1. The summed E-state index contributed by atoms with van der Waals surface area (Å²) >= 11 is 0. The highest BCUT2D eigenvalue weighted by molar-refractivity contribution is 5.70. The number of anilines is 2. The van der Waals surface area contributed by atoms with Crippen LogP contribution in [0.5, 0.6) is 0 Å². The summed E-state index contributed by atoms with van der Waals surface area (Å²) in [6, 6.07) is 0.387. The number of ether oxygens (including phenoxy) is 2. The summed E-state index contributed by atoms with van der Waals surface area (Å²) in [7, 11) is 1.60. The van der Waals surface area contributed by atoms with E-state index in [-0.39, 0.29) is 18.2 Å². The molecular formula is C16H23N5O3. The van der Waals surface area contributed by atoms with E-state index in [0.717, 1.165) is 50.5 Å². The quantitative estimate of drug-likeness (QED) is 0.819. The van der Waals surface area contributed by atoms with Crippen LogP contribution in [-0.2, 0) is 15.9 Å². The molecule has 0 saturated carbocycles. The molecule has 8 heteroatoms. The minimum atomic E-state index is -0.214. The molecule has 0 unspecified atom stereocenters. The first-order valence-electron chi connectivity index (χ1n) is 8.54. The lowest BCUT2D eigenvalue weighted by Gasteiger charge is -2.41. The molecule has 1 N–H and O–H groups in total. The predicted molar refractivity (Wildman–Crippen MR) is 88.3 cm³/mol. The number of hydrogen-bond acceptors (Lipinski definition) is 7. The molecule has 2 atom stereocenters. The van der Waals surface area contributed by atoms with Crippen molar-refractivity contribution >= 4 is 17.7 Å². The average molecular weight is 333 g/mol. The number of rotatable bonds is 4. The average Bonchev–Trinajstić information content (AvgIpc) is 3.17. The molecule has 4 heterocycles. The van der Waals surface area contributed by atoms with Gasteiger partial charge in [0.1, 0.15) is 24.6 Å². The van der Waals surface area contributed by atoms with Gasteiger partial charge < -0.3 is 19.7 Å². The Hall–Kier alpha value is -2.09. The van der Waals surface area contributed by atoms with E-state index in [1.165, 1.54) is 5.56 Å². The second-order valence-corrected chi connectivity index (χ2v) is 6.51. The zero-order chi connectivity index (χ0) is 16.5. The molecule has 0 aliphatic carbocycles. The van der Waals surface area contributed by atoms with E-state index in [2.05, 4.69) is 20.2 Å². The third kappa shape index (κ3) is 2.64. The number of carbonyl (C=O) groups excluding carboxylic acids is 1. The van der Waals surface area contributed by atoms with Crippen molar-refractivity contribution in [3.63, 3.8) is 0 Å². The summed E-state index contributed by atoms with van der Waals surface area (Å²) in [5.41, 5.74) is 1.20. The third-order valence-corrected chi connectivity index (χ3v) is 5.10. The maximum absolute atomic E-state index is 12.4. The maximum atomic E-state index is 12.4. The van der Waals surface area contributed by atoms with Gasteiger partial charge in [0.05, 0.1) is 18.7 Å². The van der Waals surface area contributed by atoms with E-state index in [1.54, 1.807) is 13.4 Å². The molecule has 1 amide bonds. The van der Waals surface area contributed by atoms with Gasteiger partial charge in [-0.15, -0.1) is 0 Å². The number of nitrogens with zero attached hydrogens (tertiary/aromatic N) is 4.